The van der Waals surface area contributed by atoms with E-state index in [1.54, 1.807) is 10.7 Å². The Labute approximate surface area is 118 Å². The van der Waals surface area contributed by atoms with Crippen molar-refractivity contribution in [1.82, 2.24) is 15.0 Å². The van der Waals surface area contributed by atoms with Crippen LogP contribution in [0, 0.1) is 5.82 Å². The lowest BCUT2D eigenvalue weighted by Gasteiger charge is -2.04. The second-order valence-corrected chi connectivity index (χ2v) is 5.08. The van der Waals surface area contributed by atoms with Gasteiger partial charge in [0.05, 0.1) is 16.7 Å². The predicted molar refractivity (Wildman–Crippen MR) is 72.3 cm³/mol. The second kappa shape index (κ2) is 6.29. The van der Waals surface area contributed by atoms with Crippen molar-refractivity contribution >= 4 is 27.5 Å². The molecule has 0 unspecified atom stereocenters. The fourth-order valence-corrected chi connectivity index (χ4v) is 2.15. The number of aromatic nitrogens is 3. The van der Waals surface area contributed by atoms with Gasteiger partial charge in [-0.25, -0.2) is 9.07 Å². The van der Waals surface area contributed by atoms with Crippen molar-refractivity contribution in [1.29, 1.82) is 0 Å². The maximum Gasteiger partial charge on any atom is 0.137 e. The lowest BCUT2D eigenvalue weighted by molar-refractivity contribution is 0.606. The third-order valence-corrected chi connectivity index (χ3v) is 3.67. The molecule has 1 aromatic carbocycles. The Balaban J connectivity index is 2.09. The minimum absolute atomic E-state index is 0.269. The first-order valence-corrected chi connectivity index (χ1v) is 6.91. The van der Waals surface area contributed by atoms with Crippen LogP contribution in [0.25, 0.3) is 0 Å². The summed E-state index contributed by atoms with van der Waals surface area (Å²) in [5.74, 6) is 0.345. The average Bonchev–Trinajstić information content (AvgIpc) is 2.80. The Bertz CT molecular complexity index is 530. The van der Waals surface area contributed by atoms with E-state index in [-0.39, 0.29) is 5.82 Å². The van der Waals surface area contributed by atoms with E-state index in [0.29, 0.717) is 16.9 Å². The molecule has 0 N–H and O–H groups in total. The van der Waals surface area contributed by atoms with Crippen molar-refractivity contribution < 1.29 is 4.39 Å². The number of hydrogen-bond acceptors (Lipinski definition) is 2. The lowest BCUT2D eigenvalue weighted by Crippen LogP contribution is -2.02. The second-order valence-electron chi connectivity index (χ2n) is 3.91. The maximum atomic E-state index is 13.3. The fourth-order valence-electron chi connectivity index (χ4n) is 1.62. The van der Waals surface area contributed by atoms with E-state index in [2.05, 4.69) is 26.2 Å². The molecule has 0 bridgehead atoms. The number of hydrogen-bond donors (Lipinski definition) is 0. The molecule has 0 amide bonds. The van der Waals surface area contributed by atoms with Gasteiger partial charge < -0.3 is 0 Å². The quantitative estimate of drug-likeness (QED) is 0.786. The Morgan fingerprint density at radius 1 is 1.39 bits per heavy atom. The largest absolute Gasteiger partial charge is 0.248 e. The first-order chi connectivity index (χ1) is 8.70. The number of rotatable bonds is 5. The summed E-state index contributed by atoms with van der Waals surface area (Å²) < 4.78 is 15.5. The van der Waals surface area contributed by atoms with Gasteiger partial charge in [0.15, 0.2) is 0 Å². The summed E-state index contributed by atoms with van der Waals surface area (Å²) in [6.07, 6.45) is 3.56. The SMILES string of the molecule is Fc1cccc(Cn2cc(CCCCl)nn2)c1Br. The molecule has 0 aliphatic rings. The van der Waals surface area contributed by atoms with Crippen LogP contribution in [-0.2, 0) is 13.0 Å². The average molecular weight is 333 g/mol. The van der Waals surface area contributed by atoms with E-state index in [9.17, 15) is 4.39 Å². The molecule has 1 aromatic heterocycles. The van der Waals surface area contributed by atoms with Crippen molar-refractivity contribution in [3.63, 3.8) is 0 Å². The molecule has 6 heteroatoms. The highest BCUT2D eigenvalue weighted by Crippen LogP contribution is 2.21. The molecule has 96 valence electrons. The van der Waals surface area contributed by atoms with E-state index >= 15 is 0 Å². The van der Waals surface area contributed by atoms with Crippen molar-refractivity contribution in [2.75, 3.05) is 5.88 Å². The molecular formula is C12H12BrClFN3. The van der Waals surface area contributed by atoms with Crippen LogP contribution in [0.5, 0.6) is 0 Å². The van der Waals surface area contributed by atoms with Gasteiger partial charge in [0.25, 0.3) is 0 Å². The molecule has 0 radical (unpaired) electrons. The van der Waals surface area contributed by atoms with Crippen LogP contribution in [0.3, 0.4) is 0 Å². The lowest BCUT2D eigenvalue weighted by atomic mass is 10.2. The van der Waals surface area contributed by atoms with Crippen LogP contribution in [-0.4, -0.2) is 20.9 Å². The first kappa shape index (κ1) is 13.5. The summed E-state index contributed by atoms with van der Waals surface area (Å²) >= 11 is 8.86. The monoisotopic (exact) mass is 331 g/mol. The van der Waals surface area contributed by atoms with Crippen LogP contribution < -0.4 is 0 Å². The molecule has 0 aliphatic carbocycles. The van der Waals surface area contributed by atoms with Gasteiger partial charge in [-0.05, 0) is 40.4 Å². The Morgan fingerprint density at radius 3 is 3.00 bits per heavy atom. The van der Waals surface area contributed by atoms with E-state index < -0.39 is 0 Å². The molecule has 0 atom stereocenters. The Morgan fingerprint density at radius 2 is 2.22 bits per heavy atom. The molecule has 0 spiro atoms. The zero-order valence-corrected chi connectivity index (χ0v) is 12.0. The highest BCUT2D eigenvalue weighted by molar-refractivity contribution is 9.10. The predicted octanol–water partition coefficient (Wildman–Crippen LogP) is 3.40. The summed E-state index contributed by atoms with van der Waals surface area (Å²) in [5, 5.41) is 8.06. The topological polar surface area (TPSA) is 30.7 Å². The first-order valence-electron chi connectivity index (χ1n) is 5.58. The molecular weight excluding hydrogens is 321 g/mol. The van der Waals surface area contributed by atoms with Crippen molar-refractivity contribution in [3.05, 3.63) is 45.9 Å². The summed E-state index contributed by atoms with van der Waals surface area (Å²) in [7, 11) is 0. The van der Waals surface area contributed by atoms with Crippen molar-refractivity contribution in [2.24, 2.45) is 0 Å². The summed E-state index contributed by atoms with van der Waals surface area (Å²) in [5.41, 5.74) is 1.74. The van der Waals surface area contributed by atoms with Gasteiger partial charge in [0.2, 0.25) is 0 Å². The molecule has 0 aliphatic heterocycles. The smallest absolute Gasteiger partial charge is 0.137 e. The van der Waals surface area contributed by atoms with Crippen LogP contribution in [0.1, 0.15) is 17.7 Å². The van der Waals surface area contributed by atoms with E-state index in [4.69, 9.17) is 11.6 Å². The Hall–Kier alpha value is -0.940. The van der Waals surface area contributed by atoms with Crippen LogP contribution in [0.15, 0.2) is 28.9 Å². The highest BCUT2D eigenvalue weighted by Gasteiger charge is 2.07. The van der Waals surface area contributed by atoms with Gasteiger partial charge in [-0.15, -0.1) is 16.7 Å². The highest BCUT2D eigenvalue weighted by atomic mass is 79.9. The van der Waals surface area contributed by atoms with Crippen molar-refractivity contribution in [3.8, 4) is 0 Å². The standard InChI is InChI=1S/C12H12BrClFN3/c13-12-9(3-1-5-11(12)15)7-18-8-10(16-17-18)4-2-6-14/h1,3,5,8H,2,4,6-7H2. The van der Waals surface area contributed by atoms with Crippen LogP contribution >= 0.6 is 27.5 Å². The van der Waals surface area contributed by atoms with Gasteiger partial charge >= 0.3 is 0 Å². The molecule has 1 heterocycles. The number of nitrogens with zero attached hydrogens (tertiary/aromatic N) is 3. The van der Waals surface area contributed by atoms with Crippen molar-refractivity contribution in [2.45, 2.75) is 19.4 Å². The van der Waals surface area contributed by atoms with E-state index in [1.165, 1.54) is 6.07 Å². The molecule has 18 heavy (non-hydrogen) atoms. The van der Waals surface area contributed by atoms with Gasteiger partial charge in [0.1, 0.15) is 5.82 Å². The fraction of sp³-hybridized carbons (Fsp3) is 0.333. The van der Waals surface area contributed by atoms with Gasteiger partial charge in [-0.3, -0.25) is 0 Å². The minimum atomic E-state index is -0.269. The number of alkyl halides is 1. The number of aryl methyl sites for hydroxylation is 1. The summed E-state index contributed by atoms with van der Waals surface area (Å²) in [4.78, 5) is 0. The third-order valence-electron chi connectivity index (χ3n) is 2.52. The number of benzene rings is 1. The molecule has 3 nitrogen and oxygen atoms in total. The normalized spacial score (nSPS) is 10.8. The molecule has 0 saturated heterocycles. The van der Waals surface area contributed by atoms with E-state index in [0.717, 1.165) is 24.1 Å². The summed E-state index contributed by atoms with van der Waals surface area (Å²) in [6.45, 7) is 0.492. The molecule has 2 aromatic rings. The van der Waals surface area contributed by atoms with E-state index in [1.807, 2.05) is 12.3 Å². The minimum Gasteiger partial charge on any atom is -0.248 e. The Kier molecular flexibility index (Phi) is 4.72. The molecule has 2 rings (SSSR count). The van der Waals surface area contributed by atoms with Gasteiger partial charge in [-0.1, -0.05) is 17.3 Å². The number of halogens is 3. The molecule has 0 saturated carbocycles. The van der Waals surface area contributed by atoms with Gasteiger partial charge in [0, 0.05) is 12.1 Å². The zero-order chi connectivity index (χ0) is 13.0. The third kappa shape index (κ3) is 3.29. The maximum absolute atomic E-state index is 13.3. The summed E-state index contributed by atoms with van der Waals surface area (Å²) in [6, 6.07) is 4.95. The molecule has 0 fully saturated rings. The zero-order valence-electron chi connectivity index (χ0n) is 9.61. The van der Waals surface area contributed by atoms with Crippen LogP contribution in [0.2, 0.25) is 0 Å². The van der Waals surface area contributed by atoms with Crippen LogP contribution in [0.4, 0.5) is 4.39 Å². The van der Waals surface area contributed by atoms with Gasteiger partial charge in [-0.2, -0.15) is 0 Å².